The Morgan fingerprint density at radius 3 is 2.29 bits per heavy atom. The summed E-state index contributed by atoms with van der Waals surface area (Å²) in [7, 11) is 0. The minimum absolute atomic E-state index is 0.408. The van der Waals surface area contributed by atoms with Crippen molar-refractivity contribution in [2.24, 2.45) is 5.73 Å². The highest BCUT2D eigenvalue weighted by Gasteiger charge is 2.04. The van der Waals surface area contributed by atoms with Crippen LogP contribution in [0.1, 0.15) is 5.56 Å². The molecule has 0 bridgehead atoms. The number of aromatic nitrogens is 1. The van der Waals surface area contributed by atoms with Gasteiger partial charge in [-0.15, -0.1) is 0 Å². The van der Waals surface area contributed by atoms with Crippen LogP contribution in [0, 0.1) is 0 Å². The molecule has 2 N–H and O–H groups in total. The second kappa shape index (κ2) is 6.20. The average molecular weight is 276 g/mol. The van der Waals surface area contributed by atoms with E-state index in [0.717, 1.165) is 22.6 Å². The van der Waals surface area contributed by atoms with Gasteiger partial charge in [-0.1, -0.05) is 42.5 Å². The Bertz CT molecular complexity index is 709. The normalized spacial score (nSPS) is 10.3. The molecule has 2 aromatic carbocycles. The summed E-state index contributed by atoms with van der Waals surface area (Å²) in [4.78, 5) is 4.05. The predicted molar refractivity (Wildman–Crippen MR) is 84.1 cm³/mol. The number of pyridine rings is 1. The van der Waals surface area contributed by atoms with Crippen LogP contribution in [0.3, 0.4) is 0 Å². The maximum Gasteiger partial charge on any atom is 0.134 e. The van der Waals surface area contributed by atoms with Crippen molar-refractivity contribution in [3.8, 4) is 22.6 Å². The number of ether oxygens (including phenoxy) is 1. The Labute approximate surface area is 124 Å². The van der Waals surface area contributed by atoms with Crippen molar-refractivity contribution in [2.75, 3.05) is 0 Å². The number of nitrogens with zero attached hydrogens (tertiary/aromatic N) is 1. The molecule has 0 unspecified atom stereocenters. The van der Waals surface area contributed by atoms with Crippen LogP contribution in [-0.4, -0.2) is 4.98 Å². The molecule has 0 saturated carbocycles. The number of benzene rings is 2. The van der Waals surface area contributed by atoms with Crippen molar-refractivity contribution in [1.82, 2.24) is 4.98 Å². The molecule has 1 heterocycles. The predicted octanol–water partition coefficient (Wildman–Crippen LogP) is 4.00. The standard InChI is InChI=1S/C18H16N2O/c19-12-16-13-20-11-10-18(16)21-17-8-6-15(7-9-17)14-4-2-1-3-5-14/h1-11,13H,12,19H2. The van der Waals surface area contributed by atoms with Crippen LogP contribution in [0.25, 0.3) is 11.1 Å². The van der Waals surface area contributed by atoms with Gasteiger partial charge in [0.15, 0.2) is 0 Å². The zero-order chi connectivity index (χ0) is 14.5. The molecule has 3 nitrogen and oxygen atoms in total. The topological polar surface area (TPSA) is 48.1 Å². The maximum absolute atomic E-state index is 5.87. The summed E-state index contributed by atoms with van der Waals surface area (Å²) in [6, 6.07) is 20.1. The Morgan fingerprint density at radius 2 is 1.57 bits per heavy atom. The van der Waals surface area contributed by atoms with E-state index in [0.29, 0.717) is 6.54 Å². The number of rotatable bonds is 4. The summed E-state index contributed by atoms with van der Waals surface area (Å²) in [5.41, 5.74) is 8.93. The van der Waals surface area contributed by atoms with Crippen molar-refractivity contribution >= 4 is 0 Å². The molecular formula is C18H16N2O. The molecule has 0 radical (unpaired) electrons. The zero-order valence-corrected chi connectivity index (χ0v) is 11.6. The smallest absolute Gasteiger partial charge is 0.134 e. The molecular weight excluding hydrogens is 260 g/mol. The van der Waals surface area contributed by atoms with E-state index in [1.54, 1.807) is 12.4 Å². The molecule has 21 heavy (non-hydrogen) atoms. The Kier molecular flexibility index (Phi) is 3.94. The van der Waals surface area contributed by atoms with Gasteiger partial charge in [0.2, 0.25) is 0 Å². The average Bonchev–Trinajstić information content (AvgIpc) is 2.57. The highest BCUT2D eigenvalue weighted by Crippen LogP contribution is 2.27. The molecule has 0 saturated heterocycles. The molecule has 104 valence electrons. The van der Waals surface area contributed by atoms with E-state index in [1.807, 2.05) is 48.5 Å². The first kappa shape index (κ1) is 13.3. The highest BCUT2D eigenvalue weighted by molar-refractivity contribution is 5.64. The van der Waals surface area contributed by atoms with Gasteiger partial charge < -0.3 is 10.5 Å². The summed E-state index contributed by atoms with van der Waals surface area (Å²) in [5.74, 6) is 1.54. The summed E-state index contributed by atoms with van der Waals surface area (Å²) >= 11 is 0. The summed E-state index contributed by atoms with van der Waals surface area (Å²) in [6.07, 6.45) is 3.43. The third-order valence-corrected chi connectivity index (χ3v) is 3.27. The minimum atomic E-state index is 0.408. The lowest BCUT2D eigenvalue weighted by molar-refractivity contribution is 0.475. The first-order valence-corrected chi connectivity index (χ1v) is 6.83. The van der Waals surface area contributed by atoms with Crippen molar-refractivity contribution in [3.63, 3.8) is 0 Å². The Morgan fingerprint density at radius 1 is 0.857 bits per heavy atom. The Balaban J connectivity index is 1.82. The van der Waals surface area contributed by atoms with Crippen LogP contribution >= 0.6 is 0 Å². The van der Waals surface area contributed by atoms with Gasteiger partial charge in [-0.25, -0.2) is 0 Å². The second-order valence-electron chi connectivity index (χ2n) is 4.68. The van der Waals surface area contributed by atoms with E-state index < -0.39 is 0 Å². The van der Waals surface area contributed by atoms with Gasteiger partial charge in [0.05, 0.1) is 0 Å². The van der Waals surface area contributed by atoms with Crippen LogP contribution in [-0.2, 0) is 6.54 Å². The monoisotopic (exact) mass is 276 g/mol. The van der Waals surface area contributed by atoms with Gasteiger partial charge in [0.25, 0.3) is 0 Å². The summed E-state index contributed by atoms with van der Waals surface area (Å²) in [5, 5.41) is 0. The molecule has 0 atom stereocenters. The first-order valence-electron chi connectivity index (χ1n) is 6.83. The summed E-state index contributed by atoms with van der Waals surface area (Å²) < 4.78 is 5.87. The number of hydrogen-bond donors (Lipinski definition) is 1. The van der Waals surface area contributed by atoms with E-state index in [9.17, 15) is 0 Å². The zero-order valence-electron chi connectivity index (χ0n) is 11.6. The molecule has 0 aliphatic heterocycles. The van der Waals surface area contributed by atoms with Crippen LogP contribution in [0.5, 0.6) is 11.5 Å². The van der Waals surface area contributed by atoms with Gasteiger partial charge in [-0.05, 0) is 29.3 Å². The Hall–Kier alpha value is -2.65. The molecule has 0 spiro atoms. The van der Waals surface area contributed by atoms with Gasteiger partial charge in [-0.3, -0.25) is 4.98 Å². The van der Waals surface area contributed by atoms with Crippen molar-refractivity contribution in [1.29, 1.82) is 0 Å². The molecule has 3 heteroatoms. The minimum Gasteiger partial charge on any atom is -0.457 e. The summed E-state index contributed by atoms with van der Waals surface area (Å²) in [6.45, 7) is 0.408. The van der Waals surface area contributed by atoms with Gasteiger partial charge in [0.1, 0.15) is 11.5 Å². The lowest BCUT2D eigenvalue weighted by Gasteiger charge is -2.10. The second-order valence-corrected chi connectivity index (χ2v) is 4.68. The third kappa shape index (κ3) is 3.09. The molecule has 3 aromatic rings. The van der Waals surface area contributed by atoms with Gasteiger partial charge in [0, 0.05) is 24.5 Å². The van der Waals surface area contributed by atoms with Crippen molar-refractivity contribution < 1.29 is 4.74 Å². The first-order chi connectivity index (χ1) is 10.4. The SMILES string of the molecule is NCc1cnccc1Oc1ccc(-c2ccccc2)cc1. The largest absolute Gasteiger partial charge is 0.457 e. The molecule has 0 amide bonds. The molecule has 0 fully saturated rings. The van der Waals surface area contributed by atoms with E-state index in [1.165, 1.54) is 5.56 Å². The number of hydrogen-bond acceptors (Lipinski definition) is 3. The van der Waals surface area contributed by atoms with E-state index in [2.05, 4.69) is 17.1 Å². The van der Waals surface area contributed by atoms with Crippen LogP contribution < -0.4 is 10.5 Å². The van der Waals surface area contributed by atoms with E-state index in [4.69, 9.17) is 10.5 Å². The lowest BCUT2D eigenvalue weighted by atomic mass is 10.1. The van der Waals surface area contributed by atoms with E-state index >= 15 is 0 Å². The van der Waals surface area contributed by atoms with Gasteiger partial charge >= 0.3 is 0 Å². The van der Waals surface area contributed by atoms with Crippen LogP contribution in [0.2, 0.25) is 0 Å². The molecule has 3 rings (SSSR count). The van der Waals surface area contributed by atoms with Gasteiger partial charge in [-0.2, -0.15) is 0 Å². The van der Waals surface area contributed by atoms with E-state index in [-0.39, 0.29) is 0 Å². The lowest BCUT2D eigenvalue weighted by Crippen LogP contribution is -1.99. The molecule has 0 aliphatic rings. The molecule has 0 aliphatic carbocycles. The fourth-order valence-corrected chi connectivity index (χ4v) is 2.14. The fraction of sp³-hybridized carbons (Fsp3) is 0.0556. The quantitative estimate of drug-likeness (QED) is 0.783. The van der Waals surface area contributed by atoms with Crippen LogP contribution in [0.15, 0.2) is 73.1 Å². The third-order valence-electron chi connectivity index (χ3n) is 3.27. The maximum atomic E-state index is 5.87. The van der Waals surface area contributed by atoms with Crippen molar-refractivity contribution in [3.05, 3.63) is 78.6 Å². The number of nitrogens with two attached hydrogens (primary N) is 1. The fourth-order valence-electron chi connectivity index (χ4n) is 2.14. The van der Waals surface area contributed by atoms with Crippen LogP contribution in [0.4, 0.5) is 0 Å². The highest BCUT2D eigenvalue weighted by atomic mass is 16.5. The van der Waals surface area contributed by atoms with Crippen molar-refractivity contribution in [2.45, 2.75) is 6.54 Å². The molecule has 1 aromatic heterocycles.